The number of amides is 1. The number of carbonyl (C=O) groups excluding carboxylic acids is 1. The molecule has 0 aliphatic heterocycles. The lowest BCUT2D eigenvalue weighted by molar-refractivity contribution is 0.0420. The molecule has 1 aliphatic rings. The van der Waals surface area contributed by atoms with Crippen molar-refractivity contribution in [3.05, 3.63) is 29.3 Å². The Balaban J connectivity index is 1.97. The minimum absolute atomic E-state index is 0.114. The molecule has 0 saturated heterocycles. The summed E-state index contributed by atoms with van der Waals surface area (Å²) in [5.41, 5.74) is 1.59. The molecule has 1 fully saturated rings. The van der Waals surface area contributed by atoms with Gasteiger partial charge in [0.15, 0.2) is 0 Å². The fraction of sp³-hybridized carbons (Fsp3) is 0.500. The molecule has 1 saturated carbocycles. The zero-order valence-corrected chi connectivity index (χ0v) is 10.8. The summed E-state index contributed by atoms with van der Waals surface area (Å²) in [5, 5.41) is 12.1. The second-order valence-electron chi connectivity index (χ2n) is 4.91. The summed E-state index contributed by atoms with van der Waals surface area (Å²) in [6, 6.07) is 5.54. The number of hydrogen-bond acceptors (Lipinski definition) is 3. The molecule has 0 aromatic heterocycles. The highest BCUT2D eigenvalue weighted by Crippen LogP contribution is 2.26. The van der Waals surface area contributed by atoms with Crippen LogP contribution in [0.4, 0.5) is 0 Å². The smallest absolute Gasteiger partial charge is 0.255 e. The van der Waals surface area contributed by atoms with Gasteiger partial charge in [-0.05, 0) is 37.8 Å². The molecule has 4 nitrogen and oxygen atoms in total. The number of hydrogen-bond donors (Lipinski definition) is 2. The zero-order chi connectivity index (χ0) is 13.1. The van der Waals surface area contributed by atoms with Crippen LogP contribution < -0.4 is 10.1 Å². The van der Waals surface area contributed by atoms with Crippen LogP contribution in [-0.4, -0.2) is 30.8 Å². The van der Waals surface area contributed by atoms with Gasteiger partial charge in [0.2, 0.25) is 0 Å². The number of aliphatic hydroxyl groups is 1. The summed E-state index contributed by atoms with van der Waals surface area (Å²) in [6.07, 6.45) is 1.39. The standard InChI is InChI=1S/C14H19NO3/c1-9-3-4-13(18-2)12(5-9)14(17)15-8-10-6-11(16)7-10/h3-5,10-11,16H,6-8H2,1-2H3,(H,15,17). The zero-order valence-electron chi connectivity index (χ0n) is 10.8. The molecule has 1 aromatic carbocycles. The van der Waals surface area contributed by atoms with Crippen LogP contribution in [0.2, 0.25) is 0 Å². The summed E-state index contributed by atoms with van der Waals surface area (Å²) < 4.78 is 5.18. The Bertz CT molecular complexity index is 439. The SMILES string of the molecule is COc1ccc(C)cc1C(=O)NCC1CC(O)C1. The molecule has 0 spiro atoms. The van der Waals surface area contributed by atoms with Gasteiger partial charge in [-0.25, -0.2) is 0 Å². The van der Waals surface area contributed by atoms with Crippen LogP contribution in [0.15, 0.2) is 18.2 Å². The number of aliphatic hydroxyl groups excluding tert-OH is 1. The van der Waals surface area contributed by atoms with Gasteiger partial charge in [0.1, 0.15) is 5.75 Å². The van der Waals surface area contributed by atoms with Crippen LogP contribution in [0, 0.1) is 12.8 Å². The van der Waals surface area contributed by atoms with Crippen molar-refractivity contribution in [1.82, 2.24) is 5.32 Å². The van der Waals surface area contributed by atoms with E-state index in [4.69, 9.17) is 4.74 Å². The Morgan fingerprint density at radius 2 is 2.22 bits per heavy atom. The topological polar surface area (TPSA) is 58.6 Å². The van der Waals surface area contributed by atoms with Crippen LogP contribution in [0.1, 0.15) is 28.8 Å². The van der Waals surface area contributed by atoms with E-state index in [1.165, 1.54) is 0 Å². The van der Waals surface area contributed by atoms with Crippen LogP contribution >= 0.6 is 0 Å². The summed E-state index contributed by atoms with van der Waals surface area (Å²) in [6.45, 7) is 2.56. The molecule has 0 unspecified atom stereocenters. The maximum atomic E-state index is 12.0. The normalized spacial score (nSPS) is 22.2. The van der Waals surface area contributed by atoms with E-state index in [0.717, 1.165) is 18.4 Å². The van der Waals surface area contributed by atoms with Crippen molar-refractivity contribution in [2.75, 3.05) is 13.7 Å². The van der Waals surface area contributed by atoms with Gasteiger partial charge in [-0.1, -0.05) is 11.6 Å². The molecular weight excluding hydrogens is 230 g/mol. The molecule has 1 aromatic rings. The largest absolute Gasteiger partial charge is 0.496 e. The molecule has 4 heteroatoms. The van der Waals surface area contributed by atoms with E-state index in [1.54, 1.807) is 13.2 Å². The lowest BCUT2D eigenvalue weighted by Crippen LogP contribution is -2.38. The van der Waals surface area contributed by atoms with Crippen molar-refractivity contribution in [2.24, 2.45) is 5.92 Å². The van der Waals surface area contributed by atoms with E-state index in [-0.39, 0.29) is 12.0 Å². The van der Waals surface area contributed by atoms with Crippen molar-refractivity contribution in [2.45, 2.75) is 25.9 Å². The fourth-order valence-corrected chi connectivity index (χ4v) is 2.20. The summed E-state index contributed by atoms with van der Waals surface area (Å²) in [7, 11) is 1.56. The summed E-state index contributed by atoms with van der Waals surface area (Å²) in [4.78, 5) is 12.0. The van der Waals surface area contributed by atoms with Gasteiger partial charge >= 0.3 is 0 Å². The average molecular weight is 249 g/mol. The van der Waals surface area contributed by atoms with Crippen molar-refractivity contribution >= 4 is 5.91 Å². The quantitative estimate of drug-likeness (QED) is 0.850. The molecule has 1 amide bonds. The third-order valence-electron chi connectivity index (χ3n) is 3.36. The maximum Gasteiger partial charge on any atom is 0.255 e. The van der Waals surface area contributed by atoms with Gasteiger partial charge < -0.3 is 15.2 Å². The Morgan fingerprint density at radius 3 is 2.83 bits per heavy atom. The van der Waals surface area contributed by atoms with Gasteiger partial charge in [0.25, 0.3) is 5.91 Å². The molecule has 18 heavy (non-hydrogen) atoms. The first-order valence-electron chi connectivity index (χ1n) is 6.21. The Morgan fingerprint density at radius 1 is 1.50 bits per heavy atom. The third-order valence-corrected chi connectivity index (χ3v) is 3.36. The number of methoxy groups -OCH3 is 1. The number of carbonyl (C=O) groups is 1. The van der Waals surface area contributed by atoms with Crippen molar-refractivity contribution in [3.63, 3.8) is 0 Å². The third kappa shape index (κ3) is 2.82. The number of ether oxygens (including phenoxy) is 1. The second kappa shape index (κ2) is 5.40. The first kappa shape index (κ1) is 12.9. The monoisotopic (exact) mass is 249 g/mol. The predicted octanol–water partition coefficient (Wildman–Crippen LogP) is 1.50. The Kier molecular flexibility index (Phi) is 3.87. The lowest BCUT2D eigenvalue weighted by atomic mass is 9.82. The molecule has 0 bridgehead atoms. The van der Waals surface area contributed by atoms with E-state index in [9.17, 15) is 9.90 Å². The number of aryl methyl sites for hydroxylation is 1. The van der Waals surface area contributed by atoms with Crippen molar-refractivity contribution in [3.8, 4) is 5.75 Å². The Labute approximate surface area is 107 Å². The summed E-state index contributed by atoms with van der Waals surface area (Å²) >= 11 is 0. The van der Waals surface area contributed by atoms with Crippen LogP contribution in [0.5, 0.6) is 5.75 Å². The van der Waals surface area contributed by atoms with Gasteiger partial charge in [-0.15, -0.1) is 0 Å². The molecule has 0 atom stereocenters. The molecule has 98 valence electrons. The van der Waals surface area contributed by atoms with E-state index in [2.05, 4.69) is 5.32 Å². The minimum Gasteiger partial charge on any atom is -0.496 e. The van der Waals surface area contributed by atoms with Crippen molar-refractivity contribution < 1.29 is 14.6 Å². The van der Waals surface area contributed by atoms with E-state index < -0.39 is 0 Å². The lowest BCUT2D eigenvalue weighted by Gasteiger charge is -2.31. The number of nitrogens with one attached hydrogen (secondary N) is 1. The average Bonchev–Trinajstić information content (AvgIpc) is 2.32. The highest BCUT2D eigenvalue weighted by molar-refractivity contribution is 5.97. The summed E-state index contributed by atoms with van der Waals surface area (Å²) in [5.74, 6) is 0.878. The minimum atomic E-state index is -0.180. The fourth-order valence-electron chi connectivity index (χ4n) is 2.20. The molecule has 2 N–H and O–H groups in total. The first-order chi connectivity index (χ1) is 8.60. The van der Waals surface area contributed by atoms with Gasteiger partial charge in [0.05, 0.1) is 18.8 Å². The molecule has 0 radical (unpaired) electrons. The van der Waals surface area contributed by atoms with Crippen LogP contribution in [0.3, 0.4) is 0 Å². The second-order valence-corrected chi connectivity index (χ2v) is 4.91. The highest BCUT2D eigenvalue weighted by atomic mass is 16.5. The molecule has 1 aliphatic carbocycles. The number of benzene rings is 1. The van der Waals surface area contributed by atoms with Gasteiger partial charge in [-0.3, -0.25) is 4.79 Å². The van der Waals surface area contributed by atoms with E-state index in [0.29, 0.717) is 23.8 Å². The molecule has 0 heterocycles. The Hall–Kier alpha value is -1.55. The maximum absolute atomic E-state index is 12.0. The number of rotatable bonds is 4. The van der Waals surface area contributed by atoms with Gasteiger partial charge in [0, 0.05) is 6.54 Å². The van der Waals surface area contributed by atoms with Crippen LogP contribution in [0.25, 0.3) is 0 Å². The van der Waals surface area contributed by atoms with E-state index in [1.807, 2.05) is 19.1 Å². The predicted molar refractivity (Wildman–Crippen MR) is 68.8 cm³/mol. The molecular formula is C14H19NO3. The first-order valence-corrected chi connectivity index (χ1v) is 6.21. The van der Waals surface area contributed by atoms with Crippen LogP contribution in [-0.2, 0) is 0 Å². The highest BCUT2D eigenvalue weighted by Gasteiger charge is 2.27. The van der Waals surface area contributed by atoms with Gasteiger partial charge in [-0.2, -0.15) is 0 Å². The molecule has 2 rings (SSSR count). The van der Waals surface area contributed by atoms with Crippen molar-refractivity contribution in [1.29, 1.82) is 0 Å². The van der Waals surface area contributed by atoms with E-state index >= 15 is 0 Å².